The van der Waals surface area contributed by atoms with Crippen LogP contribution in [0.2, 0.25) is 0 Å². The molecule has 0 heterocycles. The van der Waals surface area contributed by atoms with E-state index < -0.39 is 0 Å². The molecule has 0 bridgehead atoms. The lowest BCUT2D eigenvalue weighted by atomic mass is 10.0. The first-order valence-corrected chi connectivity index (χ1v) is 10.9. The first kappa shape index (κ1) is 24.8. The van der Waals surface area contributed by atoms with E-state index in [1.54, 1.807) is 0 Å². The summed E-state index contributed by atoms with van der Waals surface area (Å²) in [5.41, 5.74) is 4.24. The van der Waals surface area contributed by atoms with Crippen LogP contribution < -0.4 is 5.32 Å². The molecule has 0 saturated heterocycles. The molecule has 1 heteroatoms. The number of allylic oxidation sites excluding steroid dienone is 5. The zero-order valence-electron chi connectivity index (χ0n) is 18.9. The van der Waals surface area contributed by atoms with Gasteiger partial charge in [0.05, 0.1) is 0 Å². The molecule has 2 unspecified atom stereocenters. The maximum Gasteiger partial charge on any atom is 0.0482 e. The normalized spacial score (nSPS) is 15.0. The van der Waals surface area contributed by atoms with E-state index in [0.29, 0.717) is 17.9 Å². The molecule has 1 nitrogen and oxygen atoms in total. The Morgan fingerprint density at radius 1 is 0.923 bits per heavy atom. The van der Waals surface area contributed by atoms with Gasteiger partial charge in [0.15, 0.2) is 0 Å². The van der Waals surface area contributed by atoms with Gasteiger partial charge in [-0.05, 0) is 61.7 Å². The van der Waals surface area contributed by atoms with Crippen LogP contribution in [0.5, 0.6) is 0 Å². The van der Waals surface area contributed by atoms with E-state index in [2.05, 4.69) is 91.1 Å². The number of nitrogens with one attached hydrogen (secondary N) is 1. The average Bonchev–Trinajstić information content (AvgIpc) is 2.61. The minimum Gasteiger partial charge on any atom is -0.379 e. The first-order chi connectivity index (χ1) is 12.4. The minimum absolute atomic E-state index is 0.327. The summed E-state index contributed by atoms with van der Waals surface area (Å²) in [7, 11) is 0. The van der Waals surface area contributed by atoms with Crippen molar-refractivity contribution < 1.29 is 0 Å². The fourth-order valence-electron chi connectivity index (χ4n) is 2.79. The lowest BCUT2D eigenvalue weighted by molar-refractivity contribution is 0.659. The molecule has 0 fully saturated rings. The molecule has 26 heavy (non-hydrogen) atoms. The van der Waals surface area contributed by atoms with Crippen molar-refractivity contribution in [2.24, 2.45) is 11.8 Å². The molecule has 0 radical (unpaired) electrons. The smallest absolute Gasteiger partial charge is 0.0482 e. The van der Waals surface area contributed by atoms with Crippen molar-refractivity contribution in [3.05, 3.63) is 47.2 Å². The molecule has 1 N–H and O–H groups in total. The Bertz CT molecular complexity index is 470. The standard InChI is InChI=1S/C25H45N/c1-9-13-16-24(19-18-21(7)10-2)22(8)26-25(23(11-3)12-4)17-14-15-20(5)6/h14,16-22,26H,9-13,15H2,1-8H3/b17-14-,19-18-,24-16+. The van der Waals surface area contributed by atoms with Crippen LogP contribution in [0.3, 0.4) is 0 Å². The Morgan fingerprint density at radius 2 is 1.58 bits per heavy atom. The topological polar surface area (TPSA) is 12.0 Å². The summed E-state index contributed by atoms with van der Waals surface area (Å²) in [6.45, 7) is 18.2. The Morgan fingerprint density at radius 3 is 2.08 bits per heavy atom. The van der Waals surface area contributed by atoms with Crippen LogP contribution in [0.15, 0.2) is 47.2 Å². The van der Waals surface area contributed by atoms with Gasteiger partial charge in [0.2, 0.25) is 0 Å². The molecular weight excluding hydrogens is 314 g/mol. The third-order valence-corrected chi connectivity index (χ3v) is 4.93. The molecule has 0 saturated carbocycles. The summed E-state index contributed by atoms with van der Waals surface area (Å²) in [5.74, 6) is 1.34. The Balaban J connectivity index is 5.43. The molecule has 0 aromatic carbocycles. The minimum atomic E-state index is 0.327. The molecule has 0 spiro atoms. The molecule has 0 aromatic heterocycles. The molecule has 150 valence electrons. The van der Waals surface area contributed by atoms with E-state index in [4.69, 9.17) is 0 Å². The third-order valence-electron chi connectivity index (χ3n) is 4.93. The summed E-state index contributed by atoms with van der Waals surface area (Å²) in [5, 5.41) is 3.82. The van der Waals surface area contributed by atoms with Crippen LogP contribution in [-0.2, 0) is 0 Å². The maximum atomic E-state index is 3.82. The van der Waals surface area contributed by atoms with Crippen molar-refractivity contribution in [3.63, 3.8) is 0 Å². The van der Waals surface area contributed by atoms with Gasteiger partial charge in [-0.15, -0.1) is 0 Å². The summed E-state index contributed by atoms with van der Waals surface area (Å²) >= 11 is 0. The summed E-state index contributed by atoms with van der Waals surface area (Å²) < 4.78 is 0. The Kier molecular flexibility index (Phi) is 14.2. The molecule has 0 aliphatic rings. The van der Waals surface area contributed by atoms with Gasteiger partial charge in [0.1, 0.15) is 0 Å². The predicted octanol–water partition coefficient (Wildman–Crippen LogP) is 7.97. The molecular formula is C25H45N. The highest BCUT2D eigenvalue weighted by Crippen LogP contribution is 2.17. The average molecular weight is 360 g/mol. The highest BCUT2D eigenvalue weighted by atomic mass is 14.9. The number of hydrogen-bond acceptors (Lipinski definition) is 1. The molecule has 0 aliphatic heterocycles. The Labute approximate surface area is 164 Å². The lowest BCUT2D eigenvalue weighted by Crippen LogP contribution is -2.27. The van der Waals surface area contributed by atoms with Gasteiger partial charge >= 0.3 is 0 Å². The second-order valence-corrected chi connectivity index (χ2v) is 7.86. The number of hydrogen-bond donors (Lipinski definition) is 1. The summed E-state index contributed by atoms with van der Waals surface area (Å²) in [4.78, 5) is 0. The van der Waals surface area contributed by atoms with Crippen LogP contribution in [0.25, 0.3) is 0 Å². The van der Waals surface area contributed by atoms with Gasteiger partial charge < -0.3 is 5.32 Å². The second kappa shape index (κ2) is 14.9. The quantitative estimate of drug-likeness (QED) is 0.329. The molecule has 0 amide bonds. The molecule has 0 aromatic rings. The zero-order valence-corrected chi connectivity index (χ0v) is 18.9. The van der Waals surface area contributed by atoms with Crippen molar-refractivity contribution in [2.75, 3.05) is 0 Å². The third kappa shape index (κ3) is 10.7. The SMILES string of the molecule is CCC/C=C(\C=C/C(C)CC)C(C)NC(/C=C\CC(C)C)=C(CC)CC. The van der Waals surface area contributed by atoms with Gasteiger partial charge in [-0.2, -0.15) is 0 Å². The largest absolute Gasteiger partial charge is 0.379 e. The van der Waals surface area contributed by atoms with Crippen LogP contribution in [0.4, 0.5) is 0 Å². The van der Waals surface area contributed by atoms with E-state index in [-0.39, 0.29) is 0 Å². The van der Waals surface area contributed by atoms with E-state index in [1.165, 1.54) is 29.7 Å². The van der Waals surface area contributed by atoms with E-state index in [0.717, 1.165) is 25.7 Å². The molecule has 0 aliphatic carbocycles. The van der Waals surface area contributed by atoms with Crippen molar-refractivity contribution in [1.29, 1.82) is 0 Å². The highest BCUT2D eigenvalue weighted by molar-refractivity contribution is 5.30. The van der Waals surface area contributed by atoms with Crippen LogP contribution >= 0.6 is 0 Å². The molecule has 0 rings (SSSR count). The van der Waals surface area contributed by atoms with Gasteiger partial charge in [-0.1, -0.05) is 85.6 Å². The highest BCUT2D eigenvalue weighted by Gasteiger charge is 2.09. The number of unbranched alkanes of at least 4 members (excludes halogenated alkanes) is 1. The van der Waals surface area contributed by atoms with Gasteiger partial charge in [-0.25, -0.2) is 0 Å². The van der Waals surface area contributed by atoms with Crippen molar-refractivity contribution >= 4 is 0 Å². The van der Waals surface area contributed by atoms with Crippen molar-refractivity contribution in [2.45, 2.75) is 100.0 Å². The fourth-order valence-corrected chi connectivity index (χ4v) is 2.79. The zero-order chi connectivity index (χ0) is 19.9. The second-order valence-electron chi connectivity index (χ2n) is 7.86. The van der Waals surface area contributed by atoms with Crippen molar-refractivity contribution in [3.8, 4) is 0 Å². The summed E-state index contributed by atoms with van der Waals surface area (Å²) in [6.07, 6.45) is 18.6. The number of rotatable bonds is 13. The van der Waals surface area contributed by atoms with E-state index >= 15 is 0 Å². The van der Waals surface area contributed by atoms with Crippen LogP contribution in [0.1, 0.15) is 93.9 Å². The van der Waals surface area contributed by atoms with Gasteiger partial charge in [-0.3, -0.25) is 0 Å². The van der Waals surface area contributed by atoms with Gasteiger partial charge in [0, 0.05) is 11.7 Å². The lowest BCUT2D eigenvalue weighted by Gasteiger charge is -2.21. The van der Waals surface area contributed by atoms with Crippen LogP contribution in [0, 0.1) is 11.8 Å². The fraction of sp³-hybridized carbons (Fsp3) is 0.680. The van der Waals surface area contributed by atoms with E-state index in [9.17, 15) is 0 Å². The van der Waals surface area contributed by atoms with Gasteiger partial charge in [0.25, 0.3) is 0 Å². The predicted molar refractivity (Wildman–Crippen MR) is 120 cm³/mol. The summed E-state index contributed by atoms with van der Waals surface area (Å²) in [6, 6.07) is 0.327. The monoisotopic (exact) mass is 359 g/mol. The van der Waals surface area contributed by atoms with Crippen molar-refractivity contribution in [1.82, 2.24) is 5.32 Å². The first-order valence-electron chi connectivity index (χ1n) is 10.9. The maximum absolute atomic E-state index is 3.82. The van der Waals surface area contributed by atoms with Crippen LogP contribution in [-0.4, -0.2) is 6.04 Å². The molecule has 2 atom stereocenters. The Hall–Kier alpha value is -1.24. The van der Waals surface area contributed by atoms with E-state index in [1.807, 2.05) is 0 Å².